The second kappa shape index (κ2) is 6.27. The molecule has 126 valence electrons. The Kier molecular flexibility index (Phi) is 4.34. The lowest BCUT2D eigenvalue weighted by Crippen LogP contribution is -2.37. The van der Waals surface area contributed by atoms with Crippen LogP contribution in [0.15, 0.2) is 0 Å². The average molecular weight is 321 g/mol. The van der Waals surface area contributed by atoms with E-state index in [2.05, 4.69) is 15.3 Å². The number of nitro groups is 1. The maximum Gasteiger partial charge on any atom is 0.312 e. The first kappa shape index (κ1) is 15.9. The van der Waals surface area contributed by atoms with E-state index in [4.69, 9.17) is 0 Å². The normalized spacial score (nSPS) is 21.6. The lowest BCUT2D eigenvalue weighted by atomic mass is 10.2. The van der Waals surface area contributed by atoms with Crippen LogP contribution in [0.5, 0.6) is 0 Å². The molecular weight excluding hydrogens is 298 g/mol. The van der Waals surface area contributed by atoms with Crippen LogP contribution in [0.2, 0.25) is 0 Å². The Bertz CT molecular complexity index is 623. The number of nitrogens with one attached hydrogen (secondary N) is 1. The number of hydrogen-bond donors (Lipinski definition) is 1. The highest BCUT2D eigenvalue weighted by Gasteiger charge is 2.34. The first-order valence-corrected chi connectivity index (χ1v) is 8.17. The molecule has 8 nitrogen and oxygen atoms in total. The lowest BCUT2D eigenvalue weighted by Gasteiger charge is -2.15. The molecule has 0 aromatic carbocycles. The van der Waals surface area contributed by atoms with E-state index < -0.39 is 4.92 Å². The van der Waals surface area contributed by atoms with E-state index in [-0.39, 0.29) is 17.6 Å². The Morgan fingerprint density at radius 1 is 1.39 bits per heavy atom. The SMILES string of the molecule is Cc1nn(CCC(=O)N[C@H]2CCN(C3CC3)C2)c(C)c1[N+](=O)[O-]. The maximum absolute atomic E-state index is 12.1. The first-order chi connectivity index (χ1) is 11.0. The predicted molar refractivity (Wildman–Crippen MR) is 84.1 cm³/mol. The van der Waals surface area contributed by atoms with Crippen LogP contribution in [0, 0.1) is 24.0 Å². The second-order valence-corrected chi connectivity index (χ2v) is 6.53. The van der Waals surface area contributed by atoms with Crippen molar-refractivity contribution in [1.82, 2.24) is 20.0 Å². The van der Waals surface area contributed by atoms with E-state index in [1.807, 2.05) is 0 Å². The summed E-state index contributed by atoms with van der Waals surface area (Å²) in [5.41, 5.74) is 0.936. The number of carbonyl (C=O) groups is 1. The minimum atomic E-state index is -0.417. The van der Waals surface area contributed by atoms with Gasteiger partial charge in [0.25, 0.3) is 0 Å². The quantitative estimate of drug-likeness (QED) is 0.626. The van der Waals surface area contributed by atoms with Gasteiger partial charge in [0.05, 0.1) is 11.5 Å². The van der Waals surface area contributed by atoms with Crippen molar-refractivity contribution in [1.29, 1.82) is 0 Å². The van der Waals surface area contributed by atoms with Gasteiger partial charge in [-0.3, -0.25) is 24.5 Å². The number of rotatable bonds is 6. The van der Waals surface area contributed by atoms with Crippen molar-refractivity contribution < 1.29 is 9.72 Å². The average Bonchev–Trinajstić information content (AvgIpc) is 3.16. The molecule has 8 heteroatoms. The van der Waals surface area contributed by atoms with Crippen molar-refractivity contribution in [2.24, 2.45) is 0 Å². The van der Waals surface area contributed by atoms with E-state index in [0.29, 0.717) is 24.4 Å². The monoisotopic (exact) mass is 321 g/mol. The van der Waals surface area contributed by atoms with E-state index in [9.17, 15) is 14.9 Å². The first-order valence-electron chi connectivity index (χ1n) is 8.17. The zero-order valence-electron chi connectivity index (χ0n) is 13.6. The van der Waals surface area contributed by atoms with Gasteiger partial charge in [-0.2, -0.15) is 5.10 Å². The minimum Gasteiger partial charge on any atom is -0.352 e. The molecule has 0 bridgehead atoms. The van der Waals surface area contributed by atoms with Gasteiger partial charge in [-0.25, -0.2) is 0 Å². The molecule has 0 radical (unpaired) electrons. The molecule has 1 aliphatic heterocycles. The summed E-state index contributed by atoms with van der Waals surface area (Å²) in [4.78, 5) is 25.1. The standard InChI is InChI=1S/C15H23N5O3/c1-10-15(20(22)23)11(2)19(17-10)8-6-14(21)16-12-5-7-18(9-12)13-3-4-13/h12-13H,3-9H2,1-2H3,(H,16,21)/t12-/m0/s1. The van der Waals surface area contributed by atoms with Crippen LogP contribution < -0.4 is 5.32 Å². The molecule has 0 unspecified atom stereocenters. The topological polar surface area (TPSA) is 93.3 Å². The molecule has 1 aromatic heterocycles. The fourth-order valence-electron chi connectivity index (χ4n) is 3.35. The third-order valence-corrected chi connectivity index (χ3v) is 4.72. The van der Waals surface area contributed by atoms with E-state index in [1.54, 1.807) is 18.5 Å². The van der Waals surface area contributed by atoms with Crippen LogP contribution in [0.4, 0.5) is 5.69 Å². The summed E-state index contributed by atoms with van der Waals surface area (Å²) in [5.74, 6) is -0.0112. The number of nitrogens with zero attached hydrogens (tertiary/aromatic N) is 4. The van der Waals surface area contributed by atoms with Gasteiger partial charge in [-0.15, -0.1) is 0 Å². The third-order valence-electron chi connectivity index (χ3n) is 4.72. The minimum absolute atomic E-state index is 0.0112. The molecule has 2 aliphatic rings. The number of hydrogen-bond acceptors (Lipinski definition) is 5. The second-order valence-electron chi connectivity index (χ2n) is 6.53. The number of aromatic nitrogens is 2. The van der Waals surface area contributed by atoms with Gasteiger partial charge in [0, 0.05) is 31.6 Å². The molecule has 1 aromatic rings. The molecule has 0 spiro atoms. The van der Waals surface area contributed by atoms with Gasteiger partial charge >= 0.3 is 5.69 Å². The number of aryl methyl sites for hydroxylation is 2. The highest BCUT2D eigenvalue weighted by atomic mass is 16.6. The van der Waals surface area contributed by atoms with Gasteiger partial charge in [0.15, 0.2) is 0 Å². The molecule has 1 atom stereocenters. The van der Waals surface area contributed by atoms with Crippen LogP contribution in [0.1, 0.15) is 37.1 Å². The van der Waals surface area contributed by atoms with Crippen LogP contribution >= 0.6 is 0 Å². The van der Waals surface area contributed by atoms with Crippen LogP contribution in [0.25, 0.3) is 0 Å². The summed E-state index contributed by atoms with van der Waals surface area (Å²) in [6, 6.07) is 0.977. The summed E-state index contributed by atoms with van der Waals surface area (Å²) < 4.78 is 1.55. The van der Waals surface area contributed by atoms with Crippen molar-refractivity contribution in [3.8, 4) is 0 Å². The molecule has 3 rings (SSSR count). The maximum atomic E-state index is 12.1. The van der Waals surface area contributed by atoms with Crippen molar-refractivity contribution >= 4 is 11.6 Å². The van der Waals surface area contributed by atoms with Gasteiger partial charge in [-0.05, 0) is 33.1 Å². The van der Waals surface area contributed by atoms with Crippen LogP contribution in [0.3, 0.4) is 0 Å². The van der Waals surface area contributed by atoms with Crippen LogP contribution in [-0.2, 0) is 11.3 Å². The van der Waals surface area contributed by atoms with Gasteiger partial charge in [-0.1, -0.05) is 0 Å². The van der Waals surface area contributed by atoms with Gasteiger partial charge < -0.3 is 5.32 Å². The predicted octanol–water partition coefficient (Wildman–Crippen LogP) is 1.15. The fourth-order valence-corrected chi connectivity index (χ4v) is 3.35. The summed E-state index contributed by atoms with van der Waals surface area (Å²) in [5, 5.41) is 18.2. The summed E-state index contributed by atoms with van der Waals surface area (Å²) in [6.45, 7) is 5.67. The molecule has 1 N–H and O–H groups in total. The van der Waals surface area contributed by atoms with Gasteiger partial charge in [0.2, 0.25) is 5.91 Å². The lowest BCUT2D eigenvalue weighted by molar-refractivity contribution is -0.386. The highest BCUT2D eigenvalue weighted by molar-refractivity contribution is 5.76. The smallest absolute Gasteiger partial charge is 0.312 e. The Hall–Kier alpha value is -1.96. The van der Waals surface area contributed by atoms with Crippen molar-refractivity contribution in [2.75, 3.05) is 13.1 Å². The zero-order chi connectivity index (χ0) is 16.6. The molecule has 1 amide bonds. The molecule has 2 fully saturated rings. The molecular formula is C15H23N5O3. The number of amides is 1. The molecule has 1 saturated carbocycles. The Balaban J connectivity index is 1.49. The van der Waals surface area contributed by atoms with E-state index >= 15 is 0 Å². The summed E-state index contributed by atoms with van der Waals surface area (Å²) in [7, 11) is 0. The molecule has 1 saturated heterocycles. The fraction of sp³-hybridized carbons (Fsp3) is 0.733. The number of likely N-dealkylation sites (tertiary alicyclic amines) is 1. The van der Waals surface area contributed by atoms with Crippen molar-refractivity contribution in [2.45, 2.75) is 58.2 Å². The van der Waals surface area contributed by atoms with E-state index in [0.717, 1.165) is 25.6 Å². The largest absolute Gasteiger partial charge is 0.352 e. The third kappa shape index (κ3) is 3.52. The summed E-state index contributed by atoms with van der Waals surface area (Å²) in [6.07, 6.45) is 3.88. The van der Waals surface area contributed by atoms with Crippen molar-refractivity contribution in [3.63, 3.8) is 0 Å². The summed E-state index contributed by atoms with van der Waals surface area (Å²) >= 11 is 0. The highest BCUT2D eigenvalue weighted by Crippen LogP contribution is 2.29. The zero-order valence-corrected chi connectivity index (χ0v) is 13.6. The molecule has 1 aliphatic carbocycles. The van der Waals surface area contributed by atoms with Gasteiger partial charge in [0.1, 0.15) is 11.4 Å². The van der Waals surface area contributed by atoms with Crippen molar-refractivity contribution in [3.05, 3.63) is 21.5 Å². The Labute approximate surface area is 135 Å². The number of carbonyl (C=O) groups excluding carboxylic acids is 1. The Morgan fingerprint density at radius 2 is 2.13 bits per heavy atom. The van der Waals surface area contributed by atoms with Crippen LogP contribution in [-0.4, -0.2) is 50.7 Å². The van der Waals surface area contributed by atoms with E-state index in [1.165, 1.54) is 12.8 Å². The Morgan fingerprint density at radius 3 is 2.74 bits per heavy atom. The molecule has 23 heavy (non-hydrogen) atoms. The molecule has 2 heterocycles.